The molecule has 2 rings (SSSR count). The minimum atomic E-state index is -4.44. The average Bonchev–Trinajstić information content (AvgIpc) is 3.06. The number of carbonyl (C=O) groups excluding carboxylic acids is 1. The second-order valence-electron chi connectivity index (χ2n) is 4.34. The van der Waals surface area contributed by atoms with Gasteiger partial charge in [-0.2, -0.15) is 13.2 Å². The Morgan fingerprint density at radius 3 is 2.50 bits per heavy atom. The van der Waals surface area contributed by atoms with Crippen LogP contribution < -0.4 is 0 Å². The van der Waals surface area contributed by atoms with Crippen LogP contribution in [0.1, 0.15) is 18.9 Å². The number of esters is 1. The topological polar surface area (TPSA) is 26.3 Å². The molecule has 98 valence electrons. The highest BCUT2D eigenvalue weighted by Gasteiger charge is 2.74. The lowest BCUT2D eigenvalue weighted by Gasteiger charge is -2.21. The van der Waals surface area contributed by atoms with Gasteiger partial charge >= 0.3 is 12.1 Å². The number of benzene rings is 1. The Balaban J connectivity index is 2.33. The first-order valence-corrected chi connectivity index (χ1v) is 5.72. The number of rotatable bonds is 3. The molecule has 0 bridgehead atoms. The van der Waals surface area contributed by atoms with Crippen molar-refractivity contribution >= 4 is 5.97 Å². The molecule has 0 aliphatic heterocycles. The highest BCUT2D eigenvalue weighted by molar-refractivity contribution is 5.79. The molecule has 1 aliphatic rings. The van der Waals surface area contributed by atoms with Gasteiger partial charge in [0.25, 0.3) is 0 Å². The molecule has 0 unspecified atom stereocenters. The van der Waals surface area contributed by atoms with Gasteiger partial charge in [-0.15, -0.1) is 0 Å². The summed E-state index contributed by atoms with van der Waals surface area (Å²) in [7, 11) is 0. The van der Waals surface area contributed by atoms with Crippen molar-refractivity contribution in [3.63, 3.8) is 0 Å². The molecule has 0 heterocycles. The fraction of sp³-hybridized carbons (Fsp3) is 0.462. The summed E-state index contributed by atoms with van der Waals surface area (Å²) < 4.78 is 44.4. The zero-order valence-electron chi connectivity index (χ0n) is 9.83. The van der Waals surface area contributed by atoms with Crippen LogP contribution in [0.5, 0.6) is 0 Å². The highest BCUT2D eigenvalue weighted by Crippen LogP contribution is 2.63. The van der Waals surface area contributed by atoms with E-state index in [-0.39, 0.29) is 18.6 Å². The summed E-state index contributed by atoms with van der Waals surface area (Å²) >= 11 is 0. The van der Waals surface area contributed by atoms with Crippen molar-refractivity contribution in [1.29, 1.82) is 0 Å². The van der Waals surface area contributed by atoms with E-state index in [1.165, 1.54) is 12.1 Å². The lowest BCUT2D eigenvalue weighted by molar-refractivity contribution is -0.172. The van der Waals surface area contributed by atoms with Gasteiger partial charge in [0.1, 0.15) is 5.41 Å². The van der Waals surface area contributed by atoms with Crippen LogP contribution in [0.2, 0.25) is 0 Å². The second-order valence-corrected chi connectivity index (χ2v) is 4.34. The Hall–Kier alpha value is -1.52. The number of carbonyl (C=O) groups is 1. The van der Waals surface area contributed by atoms with E-state index in [2.05, 4.69) is 0 Å². The van der Waals surface area contributed by atoms with Crippen LogP contribution in [0.25, 0.3) is 0 Å². The van der Waals surface area contributed by atoms with Crippen molar-refractivity contribution in [2.75, 3.05) is 6.61 Å². The second kappa shape index (κ2) is 4.30. The van der Waals surface area contributed by atoms with E-state index in [9.17, 15) is 18.0 Å². The molecule has 0 aromatic heterocycles. The van der Waals surface area contributed by atoms with Gasteiger partial charge in [-0.1, -0.05) is 30.3 Å². The van der Waals surface area contributed by atoms with Gasteiger partial charge in [0, 0.05) is 0 Å². The van der Waals surface area contributed by atoms with Gasteiger partial charge in [-0.3, -0.25) is 4.79 Å². The van der Waals surface area contributed by atoms with Crippen molar-refractivity contribution in [2.24, 2.45) is 5.92 Å². The van der Waals surface area contributed by atoms with Gasteiger partial charge in [-0.25, -0.2) is 0 Å². The van der Waals surface area contributed by atoms with Gasteiger partial charge in [-0.05, 0) is 18.9 Å². The van der Waals surface area contributed by atoms with Crippen LogP contribution in [-0.4, -0.2) is 18.8 Å². The molecular formula is C13H13F3O2. The van der Waals surface area contributed by atoms with Crippen molar-refractivity contribution in [1.82, 2.24) is 0 Å². The van der Waals surface area contributed by atoms with E-state index in [1.54, 1.807) is 25.1 Å². The summed E-state index contributed by atoms with van der Waals surface area (Å²) in [4.78, 5) is 11.5. The number of hydrogen-bond donors (Lipinski definition) is 0. The molecule has 0 spiro atoms. The number of halogens is 3. The Morgan fingerprint density at radius 1 is 1.39 bits per heavy atom. The summed E-state index contributed by atoms with van der Waals surface area (Å²) in [5, 5.41) is 0. The molecule has 0 saturated heterocycles. The fourth-order valence-corrected chi connectivity index (χ4v) is 2.32. The Morgan fingerprint density at radius 2 is 2.00 bits per heavy atom. The van der Waals surface area contributed by atoms with E-state index in [0.29, 0.717) is 0 Å². The maximum atomic E-state index is 13.2. The normalized spacial score (nSPS) is 26.8. The Bertz CT molecular complexity index is 441. The third-order valence-corrected chi connectivity index (χ3v) is 3.33. The zero-order valence-corrected chi connectivity index (χ0v) is 9.83. The Labute approximate surface area is 103 Å². The first kappa shape index (κ1) is 12.9. The first-order valence-electron chi connectivity index (χ1n) is 5.72. The van der Waals surface area contributed by atoms with Crippen molar-refractivity contribution in [2.45, 2.75) is 24.9 Å². The standard InChI is InChI=1S/C13H13F3O2/c1-2-18-11(17)10-8-12(10,13(14,15)16)9-6-4-3-5-7-9/h3-7,10H,2,8H2,1H3/t10-,12+/m1/s1. The van der Waals surface area contributed by atoms with Gasteiger partial charge in [0.15, 0.2) is 0 Å². The van der Waals surface area contributed by atoms with Crippen LogP contribution in [0.3, 0.4) is 0 Å². The van der Waals surface area contributed by atoms with E-state index in [1.807, 2.05) is 0 Å². The predicted molar refractivity (Wildman–Crippen MR) is 58.9 cm³/mol. The number of alkyl halides is 3. The average molecular weight is 258 g/mol. The molecule has 1 aromatic rings. The summed E-state index contributed by atoms with van der Waals surface area (Å²) in [6.45, 7) is 1.68. The SMILES string of the molecule is CCOC(=O)[C@H]1C[C@@]1(c1ccccc1)C(F)(F)F. The van der Waals surface area contributed by atoms with Crippen LogP contribution in [0, 0.1) is 5.92 Å². The smallest absolute Gasteiger partial charge is 0.399 e. The molecule has 1 aromatic carbocycles. The van der Waals surface area contributed by atoms with Crippen LogP contribution in [0.15, 0.2) is 30.3 Å². The molecule has 0 amide bonds. The largest absolute Gasteiger partial charge is 0.466 e. The van der Waals surface area contributed by atoms with Gasteiger partial charge < -0.3 is 4.74 Å². The Kier molecular flexibility index (Phi) is 3.09. The maximum Gasteiger partial charge on any atom is 0.399 e. The monoisotopic (exact) mass is 258 g/mol. The fourth-order valence-electron chi connectivity index (χ4n) is 2.32. The molecule has 1 fully saturated rings. The number of hydrogen-bond acceptors (Lipinski definition) is 2. The minimum Gasteiger partial charge on any atom is -0.466 e. The zero-order chi connectivity index (χ0) is 13.4. The van der Waals surface area contributed by atoms with E-state index >= 15 is 0 Å². The van der Waals surface area contributed by atoms with Crippen LogP contribution in [-0.2, 0) is 14.9 Å². The molecule has 2 atom stereocenters. The minimum absolute atomic E-state index is 0.0953. The van der Waals surface area contributed by atoms with Crippen LogP contribution >= 0.6 is 0 Å². The molecule has 2 nitrogen and oxygen atoms in total. The predicted octanol–water partition coefficient (Wildman–Crippen LogP) is 3.07. The third-order valence-electron chi connectivity index (χ3n) is 3.33. The summed E-state index contributed by atoms with van der Waals surface area (Å²) in [6, 6.07) is 7.56. The molecule has 1 aliphatic carbocycles. The molecule has 1 saturated carbocycles. The third kappa shape index (κ3) is 1.87. The molecule has 0 N–H and O–H groups in total. The van der Waals surface area contributed by atoms with Crippen LogP contribution in [0.4, 0.5) is 13.2 Å². The molecule has 5 heteroatoms. The van der Waals surface area contributed by atoms with Crippen molar-refractivity contribution < 1.29 is 22.7 Å². The van der Waals surface area contributed by atoms with Gasteiger partial charge in [0.2, 0.25) is 0 Å². The molecular weight excluding hydrogens is 245 g/mol. The summed E-state index contributed by atoms with van der Waals surface area (Å²) in [5.74, 6) is -1.88. The molecule has 0 radical (unpaired) electrons. The lowest BCUT2D eigenvalue weighted by Crippen LogP contribution is -2.33. The maximum absolute atomic E-state index is 13.2. The van der Waals surface area contributed by atoms with E-state index < -0.39 is 23.5 Å². The quantitative estimate of drug-likeness (QED) is 0.779. The first-order chi connectivity index (χ1) is 8.43. The van der Waals surface area contributed by atoms with E-state index in [4.69, 9.17) is 4.74 Å². The number of ether oxygens (including phenoxy) is 1. The lowest BCUT2D eigenvalue weighted by atomic mass is 9.92. The van der Waals surface area contributed by atoms with E-state index in [0.717, 1.165) is 0 Å². The van der Waals surface area contributed by atoms with Gasteiger partial charge in [0.05, 0.1) is 12.5 Å². The van der Waals surface area contributed by atoms with Crippen molar-refractivity contribution in [3.8, 4) is 0 Å². The van der Waals surface area contributed by atoms with Crippen molar-refractivity contribution in [3.05, 3.63) is 35.9 Å². The summed E-state index contributed by atoms with van der Waals surface area (Å²) in [5.41, 5.74) is -1.92. The summed E-state index contributed by atoms with van der Waals surface area (Å²) in [6.07, 6.45) is -4.66. The molecule has 18 heavy (non-hydrogen) atoms. The highest BCUT2D eigenvalue weighted by atomic mass is 19.4.